The Morgan fingerprint density at radius 3 is 2.80 bits per heavy atom. The van der Waals surface area contributed by atoms with Gasteiger partial charge in [0.15, 0.2) is 0 Å². The van der Waals surface area contributed by atoms with Crippen LogP contribution in [0, 0.1) is 17.2 Å². The average Bonchev–Trinajstić information content (AvgIpc) is 3.22. The highest BCUT2D eigenvalue weighted by Gasteiger charge is 2.29. The van der Waals surface area contributed by atoms with Crippen LogP contribution < -0.4 is 0 Å². The molecule has 0 unspecified atom stereocenters. The third-order valence-corrected chi connectivity index (χ3v) is 6.63. The molecule has 152 valence electrons. The van der Waals surface area contributed by atoms with Crippen molar-refractivity contribution in [2.24, 2.45) is 5.92 Å². The minimum absolute atomic E-state index is 0.400. The summed E-state index contributed by atoms with van der Waals surface area (Å²) in [5.41, 5.74) is 5.21. The Balaban J connectivity index is 1.36. The highest BCUT2D eigenvalue weighted by atomic mass is 15.3. The lowest BCUT2D eigenvalue weighted by molar-refractivity contribution is 0.224. The number of nitriles is 1. The highest BCUT2D eigenvalue weighted by Crippen LogP contribution is 2.39. The van der Waals surface area contributed by atoms with E-state index in [1.54, 1.807) is 6.08 Å². The number of hydrogen-bond acceptors (Lipinski definition) is 5. The van der Waals surface area contributed by atoms with Gasteiger partial charge in [-0.15, -0.1) is 0 Å². The van der Waals surface area contributed by atoms with Gasteiger partial charge in [0.2, 0.25) is 0 Å². The molecule has 2 aliphatic rings. The molecule has 6 nitrogen and oxygen atoms in total. The Bertz CT molecular complexity index is 1110. The van der Waals surface area contributed by atoms with E-state index in [9.17, 15) is 0 Å². The Morgan fingerprint density at radius 1 is 1.17 bits per heavy atom. The Hall–Kier alpha value is -3.04. The van der Waals surface area contributed by atoms with Crippen molar-refractivity contribution in [2.75, 3.05) is 20.1 Å². The van der Waals surface area contributed by atoms with E-state index < -0.39 is 0 Å². The second kappa shape index (κ2) is 8.00. The fraction of sp³-hybridized carbons (Fsp3) is 0.417. The molecule has 0 amide bonds. The lowest BCUT2D eigenvalue weighted by atomic mass is 9.80. The molecule has 1 saturated carbocycles. The van der Waals surface area contributed by atoms with Crippen LogP contribution in [0.4, 0.5) is 0 Å². The normalized spacial score (nSPS) is 22.9. The Morgan fingerprint density at radius 2 is 2.00 bits per heavy atom. The standard InChI is InChI=1S/C24H26N6/c1-29-10-7-18(8-11-29)21-5-2-6-22-24(21)26-15-23(28-22)19-14-27-30(16-19)20-12-17(13-20)4-3-9-25/h2-6,14-18,20H,7-8,10-13H2,1H3/b4-3+. The molecular weight excluding hydrogens is 372 g/mol. The quantitative estimate of drug-likeness (QED) is 0.612. The summed E-state index contributed by atoms with van der Waals surface area (Å²) in [4.78, 5) is 12.1. The summed E-state index contributed by atoms with van der Waals surface area (Å²) in [6.07, 6.45) is 13.8. The second-order valence-corrected chi connectivity index (χ2v) is 8.63. The number of para-hydroxylation sites is 1. The first-order chi connectivity index (χ1) is 14.7. The van der Waals surface area contributed by atoms with Crippen LogP contribution in [-0.2, 0) is 0 Å². The van der Waals surface area contributed by atoms with Crippen molar-refractivity contribution in [1.29, 1.82) is 5.26 Å². The summed E-state index contributed by atoms with van der Waals surface area (Å²) in [7, 11) is 2.19. The van der Waals surface area contributed by atoms with Gasteiger partial charge in [-0.25, -0.2) is 4.98 Å². The number of likely N-dealkylation sites (tertiary alicyclic amines) is 1. The maximum atomic E-state index is 8.65. The molecule has 2 fully saturated rings. The maximum absolute atomic E-state index is 8.65. The highest BCUT2D eigenvalue weighted by molar-refractivity contribution is 5.80. The third-order valence-electron chi connectivity index (χ3n) is 6.63. The van der Waals surface area contributed by atoms with Gasteiger partial charge in [0.05, 0.1) is 41.2 Å². The second-order valence-electron chi connectivity index (χ2n) is 8.63. The molecule has 0 spiro atoms. The lowest BCUT2D eigenvalue weighted by Gasteiger charge is -2.33. The third kappa shape index (κ3) is 3.61. The van der Waals surface area contributed by atoms with Crippen LogP contribution >= 0.6 is 0 Å². The first-order valence-corrected chi connectivity index (χ1v) is 10.8. The van der Waals surface area contributed by atoms with Gasteiger partial charge in [0.1, 0.15) is 0 Å². The summed E-state index contributed by atoms with van der Waals surface area (Å²) in [5.74, 6) is 1.05. The summed E-state index contributed by atoms with van der Waals surface area (Å²) in [6.45, 7) is 2.28. The summed E-state index contributed by atoms with van der Waals surface area (Å²) < 4.78 is 2.03. The fourth-order valence-electron chi connectivity index (χ4n) is 4.70. The van der Waals surface area contributed by atoms with E-state index in [1.807, 2.05) is 23.2 Å². The predicted octanol–water partition coefficient (Wildman–Crippen LogP) is 4.33. The minimum Gasteiger partial charge on any atom is -0.306 e. The summed E-state index contributed by atoms with van der Waals surface area (Å²) in [6, 6.07) is 8.86. The fourth-order valence-corrected chi connectivity index (χ4v) is 4.70. The van der Waals surface area contributed by atoms with Crippen LogP contribution in [0.15, 0.2) is 48.9 Å². The van der Waals surface area contributed by atoms with Crippen molar-refractivity contribution in [3.8, 4) is 17.3 Å². The van der Waals surface area contributed by atoms with E-state index in [4.69, 9.17) is 15.2 Å². The van der Waals surface area contributed by atoms with E-state index in [1.165, 1.54) is 18.4 Å². The van der Waals surface area contributed by atoms with Gasteiger partial charge in [0, 0.05) is 17.8 Å². The van der Waals surface area contributed by atoms with Gasteiger partial charge in [-0.2, -0.15) is 10.4 Å². The zero-order valence-corrected chi connectivity index (χ0v) is 17.3. The van der Waals surface area contributed by atoms with Gasteiger partial charge >= 0.3 is 0 Å². The molecule has 0 atom stereocenters. The molecule has 2 aromatic heterocycles. The van der Waals surface area contributed by atoms with Crippen molar-refractivity contribution in [1.82, 2.24) is 24.6 Å². The van der Waals surface area contributed by atoms with E-state index >= 15 is 0 Å². The van der Waals surface area contributed by atoms with Crippen LogP contribution in [0.2, 0.25) is 0 Å². The number of benzene rings is 1. The maximum Gasteiger partial charge on any atom is 0.0924 e. The predicted molar refractivity (Wildman–Crippen MR) is 117 cm³/mol. The van der Waals surface area contributed by atoms with Gasteiger partial charge in [-0.3, -0.25) is 9.67 Å². The number of aromatic nitrogens is 4. The molecule has 1 aliphatic carbocycles. The number of nitrogens with zero attached hydrogens (tertiary/aromatic N) is 6. The van der Waals surface area contributed by atoms with E-state index in [0.29, 0.717) is 17.9 Å². The lowest BCUT2D eigenvalue weighted by Crippen LogP contribution is -2.29. The monoisotopic (exact) mass is 398 g/mol. The van der Waals surface area contributed by atoms with Crippen LogP contribution in [0.3, 0.4) is 0 Å². The van der Waals surface area contributed by atoms with Gasteiger partial charge < -0.3 is 4.90 Å². The minimum atomic E-state index is 0.400. The molecule has 3 aromatic rings. The van der Waals surface area contributed by atoms with Gasteiger partial charge in [-0.1, -0.05) is 18.2 Å². The number of rotatable bonds is 4. The molecule has 6 heteroatoms. The smallest absolute Gasteiger partial charge is 0.0924 e. The molecule has 1 aromatic carbocycles. The van der Waals surface area contributed by atoms with Crippen LogP contribution in [0.1, 0.15) is 43.2 Å². The first kappa shape index (κ1) is 19.0. The van der Waals surface area contributed by atoms with E-state index in [-0.39, 0.29) is 0 Å². The van der Waals surface area contributed by atoms with Gasteiger partial charge in [-0.05, 0) is 69.3 Å². The number of fused-ring (bicyclic) bond motifs is 1. The molecule has 3 heterocycles. The Kier molecular flexibility index (Phi) is 5.06. The van der Waals surface area contributed by atoms with E-state index in [0.717, 1.165) is 48.2 Å². The average molecular weight is 399 g/mol. The van der Waals surface area contributed by atoms with Crippen molar-refractivity contribution in [3.63, 3.8) is 0 Å². The van der Waals surface area contributed by atoms with Crippen molar-refractivity contribution >= 4 is 11.0 Å². The van der Waals surface area contributed by atoms with Crippen molar-refractivity contribution < 1.29 is 0 Å². The summed E-state index contributed by atoms with van der Waals surface area (Å²) in [5, 5.41) is 13.2. The molecule has 0 bridgehead atoms. The van der Waals surface area contributed by atoms with Crippen molar-refractivity contribution in [3.05, 3.63) is 54.5 Å². The Labute approximate surface area is 176 Å². The van der Waals surface area contributed by atoms with E-state index in [2.05, 4.69) is 47.5 Å². The molecule has 0 N–H and O–H groups in total. The SMILES string of the molecule is CN1CCC(c2cccc3nc(-c4cnn(C5CC(/C=C/C#N)C5)c4)cnc23)CC1. The van der Waals surface area contributed by atoms with Crippen LogP contribution in [0.5, 0.6) is 0 Å². The van der Waals surface area contributed by atoms with Crippen LogP contribution in [-0.4, -0.2) is 44.8 Å². The number of hydrogen-bond donors (Lipinski definition) is 0. The zero-order chi connectivity index (χ0) is 20.5. The van der Waals surface area contributed by atoms with Crippen LogP contribution in [0.25, 0.3) is 22.3 Å². The van der Waals surface area contributed by atoms with Gasteiger partial charge in [0.25, 0.3) is 0 Å². The molecule has 30 heavy (non-hydrogen) atoms. The topological polar surface area (TPSA) is 70.6 Å². The number of piperidine rings is 1. The molecule has 0 radical (unpaired) electrons. The van der Waals surface area contributed by atoms with Crippen molar-refractivity contribution in [2.45, 2.75) is 37.6 Å². The molecule has 1 saturated heterocycles. The number of allylic oxidation sites excluding steroid dienone is 2. The largest absolute Gasteiger partial charge is 0.306 e. The molecular formula is C24H26N6. The molecule has 1 aliphatic heterocycles. The zero-order valence-electron chi connectivity index (χ0n) is 17.3. The molecule has 5 rings (SSSR count). The first-order valence-electron chi connectivity index (χ1n) is 10.8. The summed E-state index contributed by atoms with van der Waals surface area (Å²) >= 11 is 0.